The van der Waals surface area contributed by atoms with E-state index >= 15 is 0 Å². The molecule has 184 valence electrons. The largest absolute Gasteiger partial charge is 0.455 e. The molecule has 0 heterocycles. The summed E-state index contributed by atoms with van der Waals surface area (Å²) in [7, 11) is 3.24. The molecule has 0 aliphatic heterocycles. The zero-order chi connectivity index (χ0) is 24.7. The van der Waals surface area contributed by atoms with E-state index in [1.54, 1.807) is 41.8 Å². The number of nitrogens with zero attached hydrogens (tertiary/aromatic N) is 2. The van der Waals surface area contributed by atoms with Gasteiger partial charge in [-0.3, -0.25) is 0 Å². The van der Waals surface area contributed by atoms with E-state index in [1.807, 2.05) is 0 Å². The fourth-order valence-corrected chi connectivity index (χ4v) is 2.40. The Morgan fingerprint density at radius 2 is 0.903 bits per heavy atom. The Kier molecular flexibility index (Phi) is 10.3. The summed E-state index contributed by atoms with van der Waals surface area (Å²) in [4.78, 5) is 23.5. The highest BCUT2D eigenvalue weighted by Gasteiger charge is 2.72. The third-order valence-corrected chi connectivity index (χ3v) is 5.82. The molecule has 0 aromatic heterocycles. The van der Waals surface area contributed by atoms with Crippen LogP contribution in [0.3, 0.4) is 0 Å². The second-order valence-corrected chi connectivity index (χ2v) is 8.12. The van der Waals surface area contributed by atoms with Crippen LogP contribution in [0.4, 0.5) is 26.3 Å². The first-order valence-electron chi connectivity index (χ1n) is 10.1. The van der Waals surface area contributed by atoms with Gasteiger partial charge in [0.2, 0.25) is 0 Å². The van der Waals surface area contributed by atoms with Crippen LogP contribution in [0.2, 0.25) is 0 Å². The van der Waals surface area contributed by atoms with Gasteiger partial charge in [0.1, 0.15) is 0 Å². The van der Waals surface area contributed by atoms with Crippen molar-refractivity contribution in [1.82, 2.24) is 0 Å². The molecule has 0 aliphatic carbocycles. The average Bonchev–Trinajstić information content (AvgIpc) is 2.70. The minimum absolute atomic E-state index is 0.0971. The van der Waals surface area contributed by atoms with Gasteiger partial charge >= 0.3 is 29.7 Å². The predicted molar refractivity (Wildman–Crippen MR) is 101 cm³/mol. The lowest BCUT2D eigenvalue weighted by molar-refractivity contribution is -0.899. The highest BCUT2D eigenvalue weighted by molar-refractivity contribution is 5.71. The monoisotopic (exact) mass is 468 g/mol. The minimum atomic E-state index is -5.91. The maximum Gasteiger partial charge on any atom is 0.378 e. The number of hydrogen-bond donors (Lipinski definition) is 0. The van der Waals surface area contributed by atoms with Crippen LogP contribution in [0.15, 0.2) is 0 Å². The molecule has 0 saturated heterocycles. The van der Waals surface area contributed by atoms with Crippen molar-refractivity contribution < 1.29 is 54.4 Å². The number of carbonyl (C=O) groups excluding carboxylic acids is 2. The summed E-state index contributed by atoms with van der Waals surface area (Å²) in [6.45, 7) is 3.45. The Hall–Kier alpha value is -1.56. The van der Waals surface area contributed by atoms with Crippen molar-refractivity contribution in [2.24, 2.45) is 0 Å². The molecule has 31 heavy (non-hydrogen) atoms. The van der Waals surface area contributed by atoms with E-state index in [-0.39, 0.29) is 22.1 Å². The van der Waals surface area contributed by atoms with E-state index in [4.69, 9.17) is 0 Å². The maximum atomic E-state index is 13.9. The smallest absolute Gasteiger partial charge is 0.378 e. The van der Waals surface area contributed by atoms with E-state index in [2.05, 4.69) is 9.47 Å². The SMILES string of the molecule is CC[N+](C)(CC)CC(=O)OCC(F)(F)C(F)(F)C(F)(F)COC(=O)C[N+](C)(CC)CC. The van der Waals surface area contributed by atoms with E-state index < -0.39 is 42.9 Å². The van der Waals surface area contributed by atoms with Crippen molar-refractivity contribution in [3.05, 3.63) is 0 Å². The van der Waals surface area contributed by atoms with E-state index in [9.17, 15) is 35.9 Å². The summed E-state index contributed by atoms with van der Waals surface area (Å²) in [5, 5.41) is 0. The fraction of sp³-hybridized carbons (Fsp3) is 0.895. The number of halogens is 6. The topological polar surface area (TPSA) is 52.6 Å². The number of alkyl halides is 6. The molecule has 0 spiro atoms. The first-order chi connectivity index (χ1) is 13.9. The Morgan fingerprint density at radius 3 is 1.13 bits per heavy atom. The average molecular weight is 468 g/mol. The number of ether oxygens (including phenoxy) is 2. The number of likely N-dealkylation sites (N-methyl/N-ethyl adjacent to an activating group) is 2. The van der Waals surface area contributed by atoms with Crippen LogP contribution in [-0.2, 0) is 19.1 Å². The number of hydrogen-bond acceptors (Lipinski definition) is 4. The zero-order valence-corrected chi connectivity index (χ0v) is 19.0. The van der Waals surface area contributed by atoms with Gasteiger partial charge in [-0.2, -0.15) is 26.3 Å². The number of esters is 2. The molecular formula is C19H34F6N2O4+2. The van der Waals surface area contributed by atoms with Crippen LogP contribution in [0.25, 0.3) is 0 Å². The van der Waals surface area contributed by atoms with E-state index in [0.717, 1.165) is 0 Å². The van der Waals surface area contributed by atoms with Crippen LogP contribution in [0.5, 0.6) is 0 Å². The van der Waals surface area contributed by atoms with Crippen LogP contribution in [0.1, 0.15) is 27.7 Å². The molecule has 0 aromatic rings. The predicted octanol–water partition coefficient (Wildman–Crippen LogP) is 2.95. The van der Waals surface area contributed by atoms with Gasteiger partial charge in [0.25, 0.3) is 0 Å². The Morgan fingerprint density at radius 1 is 0.645 bits per heavy atom. The van der Waals surface area contributed by atoms with Crippen LogP contribution >= 0.6 is 0 Å². The summed E-state index contributed by atoms with van der Waals surface area (Å²) in [6, 6.07) is 0. The van der Waals surface area contributed by atoms with Gasteiger partial charge in [-0.05, 0) is 27.7 Å². The highest BCUT2D eigenvalue weighted by atomic mass is 19.3. The Labute approximate surface area is 179 Å². The van der Waals surface area contributed by atoms with Crippen molar-refractivity contribution in [3.63, 3.8) is 0 Å². The molecule has 0 aliphatic rings. The molecule has 6 nitrogen and oxygen atoms in total. The summed E-state index contributed by atoms with van der Waals surface area (Å²) in [6.07, 6.45) is 0. The number of carbonyl (C=O) groups is 2. The second-order valence-electron chi connectivity index (χ2n) is 8.12. The first kappa shape index (κ1) is 29.4. The van der Waals surface area contributed by atoms with Gasteiger partial charge in [-0.1, -0.05) is 0 Å². The Balaban J connectivity index is 5.09. The maximum absolute atomic E-state index is 13.9. The lowest BCUT2D eigenvalue weighted by atomic mass is 10.1. The van der Waals surface area contributed by atoms with Crippen molar-refractivity contribution in [1.29, 1.82) is 0 Å². The van der Waals surface area contributed by atoms with Crippen LogP contribution < -0.4 is 0 Å². The van der Waals surface area contributed by atoms with Gasteiger partial charge in [0.05, 0.1) is 40.3 Å². The summed E-state index contributed by atoms with van der Waals surface area (Å²) >= 11 is 0. The summed E-state index contributed by atoms with van der Waals surface area (Å²) < 4.78 is 92.0. The van der Waals surface area contributed by atoms with Crippen molar-refractivity contribution in [2.75, 3.05) is 66.6 Å². The first-order valence-corrected chi connectivity index (χ1v) is 10.1. The quantitative estimate of drug-likeness (QED) is 0.224. The van der Waals surface area contributed by atoms with Crippen LogP contribution in [0, 0.1) is 0 Å². The van der Waals surface area contributed by atoms with E-state index in [1.165, 1.54) is 0 Å². The summed E-state index contributed by atoms with van der Waals surface area (Å²) in [5.41, 5.74) is 0. The fourth-order valence-electron chi connectivity index (χ4n) is 2.40. The molecule has 0 N–H and O–H groups in total. The number of quaternary nitrogens is 2. The third-order valence-electron chi connectivity index (χ3n) is 5.82. The molecule has 0 fully saturated rings. The molecule has 0 atom stereocenters. The lowest BCUT2D eigenvalue weighted by Crippen LogP contribution is -2.59. The third kappa shape index (κ3) is 7.81. The van der Waals surface area contributed by atoms with Gasteiger partial charge in [0.15, 0.2) is 26.3 Å². The highest BCUT2D eigenvalue weighted by Crippen LogP contribution is 2.46. The minimum Gasteiger partial charge on any atom is -0.455 e. The molecule has 0 radical (unpaired) electrons. The van der Waals surface area contributed by atoms with Gasteiger partial charge in [-0.25, -0.2) is 9.59 Å². The van der Waals surface area contributed by atoms with Crippen molar-refractivity contribution in [3.8, 4) is 0 Å². The molecule has 0 unspecified atom stereocenters. The molecule has 0 amide bonds. The van der Waals surface area contributed by atoms with Gasteiger partial charge in [0, 0.05) is 0 Å². The molecule has 12 heteroatoms. The molecular weight excluding hydrogens is 434 g/mol. The molecule has 0 bridgehead atoms. The second kappa shape index (κ2) is 10.8. The normalized spacial score (nSPS) is 13.8. The molecule has 0 saturated carbocycles. The standard InChI is InChI=1S/C19H34F6N2O4/c1-7-26(5,8-2)11-15(28)30-13-17(20,21)19(24,25)18(22,23)14-31-16(29)12-27(6,9-3)10-4/h7-14H2,1-6H3/q+2. The molecule has 0 aromatic carbocycles. The van der Waals surface area contributed by atoms with Crippen molar-refractivity contribution in [2.45, 2.75) is 45.5 Å². The molecule has 0 rings (SSSR count). The van der Waals surface area contributed by atoms with Crippen molar-refractivity contribution >= 4 is 11.9 Å². The Bertz CT molecular complexity index is 558. The summed E-state index contributed by atoms with van der Waals surface area (Å²) in [5.74, 6) is -19.1. The lowest BCUT2D eigenvalue weighted by Gasteiger charge is -2.34. The van der Waals surface area contributed by atoms with Gasteiger partial charge in [-0.15, -0.1) is 0 Å². The zero-order valence-electron chi connectivity index (χ0n) is 19.0. The van der Waals surface area contributed by atoms with Gasteiger partial charge < -0.3 is 18.4 Å². The van der Waals surface area contributed by atoms with Crippen LogP contribution in [-0.4, -0.2) is 105 Å². The van der Waals surface area contributed by atoms with E-state index in [0.29, 0.717) is 26.2 Å². The number of rotatable bonds is 14.